The summed E-state index contributed by atoms with van der Waals surface area (Å²) in [6, 6.07) is 12.1. The molecule has 1 fully saturated rings. The number of benzene rings is 2. The number of rotatable bonds is 5. The van der Waals surface area contributed by atoms with Crippen molar-refractivity contribution in [2.75, 3.05) is 6.26 Å². The van der Waals surface area contributed by atoms with Gasteiger partial charge in [0.25, 0.3) is 5.91 Å². The Morgan fingerprint density at radius 2 is 2.09 bits per heavy atom. The van der Waals surface area contributed by atoms with Crippen molar-refractivity contribution in [1.82, 2.24) is 4.90 Å². The quantitative estimate of drug-likeness (QED) is 0.707. The predicted octanol–water partition coefficient (Wildman–Crippen LogP) is 5.01. The van der Waals surface area contributed by atoms with Gasteiger partial charge in [0.05, 0.1) is 10.6 Å². The first kappa shape index (κ1) is 16.3. The van der Waals surface area contributed by atoms with Gasteiger partial charge in [-0.05, 0) is 55.0 Å². The maximum atomic E-state index is 13.4. The Morgan fingerprint density at radius 3 is 2.74 bits per heavy atom. The number of carbonyl (C=O) groups excluding carboxylic acids is 1. The normalized spacial score (nSPS) is 13.9. The molecule has 0 atom stereocenters. The van der Waals surface area contributed by atoms with Crippen LogP contribution in [0.25, 0.3) is 0 Å². The summed E-state index contributed by atoms with van der Waals surface area (Å²) in [5.74, 6) is -0.370. The summed E-state index contributed by atoms with van der Waals surface area (Å²) in [4.78, 5) is 15.7. The zero-order valence-corrected chi connectivity index (χ0v) is 14.3. The van der Waals surface area contributed by atoms with E-state index >= 15 is 0 Å². The molecule has 0 N–H and O–H groups in total. The molecular weight excluding hydrogens is 333 g/mol. The molecule has 0 radical (unpaired) electrons. The van der Waals surface area contributed by atoms with Crippen LogP contribution in [0, 0.1) is 5.82 Å². The first-order chi connectivity index (χ1) is 11.1. The van der Waals surface area contributed by atoms with Gasteiger partial charge >= 0.3 is 0 Å². The second-order valence-corrected chi connectivity index (χ2v) is 6.93. The minimum Gasteiger partial charge on any atom is -0.331 e. The summed E-state index contributed by atoms with van der Waals surface area (Å²) >= 11 is 7.80. The third kappa shape index (κ3) is 3.88. The van der Waals surface area contributed by atoms with Gasteiger partial charge in [0.2, 0.25) is 0 Å². The summed E-state index contributed by atoms with van der Waals surface area (Å²) in [7, 11) is 0. The molecule has 0 aliphatic heterocycles. The summed E-state index contributed by atoms with van der Waals surface area (Å²) in [5, 5.41) is 0.456. The monoisotopic (exact) mass is 349 g/mol. The third-order valence-electron chi connectivity index (χ3n) is 3.89. The van der Waals surface area contributed by atoms with E-state index < -0.39 is 0 Å². The SMILES string of the molecule is CSc1ccc(Cl)c(C(=O)N(Cc2cccc(F)c2)C2CC2)c1. The molecule has 2 nitrogen and oxygen atoms in total. The summed E-state index contributed by atoms with van der Waals surface area (Å²) in [5.41, 5.74) is 1.31. The molecule has 0 unspecified atom stereocenters. The average molecular weight is 350 g/mol. The number of halogens is 2. The van der Waals surface area contributed by atoms with Crippen molar-refractivity contribution in [3.8, 4) is 0 Å². The minimum absolute atomic E-state index is 0.0855. The van der Waals surface area contributed by atoms with Crippen LogP contribution in [-0.2, 0) is 6.54 Å². The average Bonchev–Trinajstić information content (AvgIpc) is 3.37. The molecule has 2 aromatic rings. The van der Waals surface area contributed by atoms with E-state index in [0.717, 1.165) is 23.3 Å². The molecular formula is C18H17ClFNOS. The van der Waals surface area contributed by atoms with E-state index in [1.165, 1.54) is 12.1 Å². The van der Waals surface area contributed by atoms with Crippen molar-refractivity contribution in [3.05, 3.63) is 64.4 Å². The van der Waals surface area contributed by atoms with Crippen LogP contribution in [0.15, 0.2) is 47.4 Å². The lowest BCUT2D eigenvalue weighted by Crippen LogP contribution is -2.32. The molecule has 5 heteroatoms. The molecule has 1 amide bonds. The fourth-order valence-electron chi connectivity index (χ4n) is 2.53. The highest BCUT2D eigenvalue weighted by Crippen LogP contribution is 2.32. The second kappa shape index (κ2) is 6.93. The van der Waals surface area contributed by atoms with E-state index in [9.17, 15) is 9.18 Å². The standard InChI is InChI=1S/C18H17ClFNOS/c1-23-15-7-8-17(19)16(10-15)18(22)21(14-5-6-14)11-12-3-2-4-13(20)9-12/h2-4,7-10,14H,5-6,11H2,1H3. The molecule has 0 saturated heterocycles. The fourth-order valence-corrected chi connectivity index (χ4v) is 3.17. The minimum atomic E-state index is -0.284. The van der Waals surface area contributed by atoms with Crippen molar-refractivity contribution in [3.63, 3.8) is 0 Å². The molecule has 120 valence electrons. The molecule has 0 heterocycles. The molecule has 0 aromatic heterocycles. The highest BCUT2D eigenvalue weighted by molar-refractivity contribution is 7.98. The van der Waals surface area contributed by atoms with Crippen molar-refractivity contribution in [2.45, 2.75) is 30.3 Å². The number of amides is 1. The van der Waals surface area contributed by atoms with E-state index in [0.29, 0.717) is 17.1 Å². The van der Waals surface area contributed by atoms with E-state index in [-0.39, 0.29) is 17.8 Å². The largest absolute Gasteiger partial charge is 0.331 e. The second-order valence-electron chi connectivity index (χ2n) is 5.64. The smallest absolute Gasteiger partial charge is 0.255 e. The summed E-state index contributed by atoms with van der Waals surface area (Å²) < 4.78 is 13.4. The van der Waals surface area contributed by atoms with Gasteiger partial charge in [-0.3, -0.25) is 4.79 Å². The maximum absolute atomic E-state index is 13.4. The van der Waals surface area contributed by atoms with Gasteiger partial charge in [-0.25, -0.2) is 4.39 Å². The highest BCUT2D eigenvalue weighted by Gasteiger charge is 2.33. The lowest BCUT2D eigenvalue weighted by Gasteiger charge is -2.23. The molecule has 3 rings (SSSR count). The van der Waals surface area contributed by atoms with Gasteiger partial charge in [0.1, 0.15) is 5.82 Å². The molecule has 23 heavy (non-hydrogen) atoms. The maximum Gasteiger partial charge on any atom is 0.255 e. The third-order valence-corrected chi connectivity index (χ3v) is 4.95. The zero-order chi connectivity index (χ0) is 16.4. The molecule has 1 aliphatic carbocycles. The van der Waals surface area contributed by atoms with Gasteiger partial charge in [0, 0.05) is 17.5 Å². The number of hydrogen-bond acceptors (Lipinski definition) is 2. The Balaban J connectivity index is 1.88. The topological polar surface area (TPSA) is 20.3 Å². The van der Waals surface area contributed by atoms with Gasteiger partial charge in [-0.1, -0.05) is 23.7 Å². The molecule has 2 aromatic carbocycles. The Kier molecular flexibility index (Phi) is 4.93. The van der Waals surface area contributed by atoms with Gasteiger partial charge in [-0.15, -0.1) is 11.8 Å². The molecule has 1 aliphatic rings. The summed E-state index contributed by atoms with van der Waals surface area (Å²) in [6.45, 7) is 0.404. The van der Waals surface area contributed by atoms with Gasteiger partial charge in [-0.2, -0.15) is 0 Å². The Morgan fingerprint density at radius 1 is 1.30 bits per heavy atom. The van der Waals surface area contributed by atoms with Crippen LogP contribution in [0.5, 0.6) is 0 Å². The fraction of sp³-hybridized carbons (Fsp3) is 0.278. The van der Waals surface area contributed by atoms with Gasteiger partial charge in [0.15, 0.2) is 0 Å². The van der Waals surface area contributed by atoms with Crippen molar-refractivity contribution in [2.24, 2.45) is 0 Å². The van der Waals surface area contributed by atoms with Crippen LogP contribution in [0.4, 0.5) is 4.39 Å². The Labute approximate surface area is 144 Å². The first-order valence-corrected chi connectivity index (χ1v) is 9.07. The van der Waals surface area contributed by atoms with Crippen LogP contribution in [0.3, 0.4) is 0 Å². The van der Waals surface area contributed by atoms with E-state index in [1.807, 2.05) is 24.5 Å². The van der Waals surface area contributed by atoms with Crippen LogP contribution in [0.2, 0.25) is 5.02 Å². The van der Waals surface area contributed by atoms with Crippen LogP contribution >= 0.6 is 23.4 Å². The highest BCUT2D eigenvalue weighted by atomic mass is 35.5. The van der Waals surface area contributed by atoms with Gasteiger partial charge < -0.3 is 4.90 Å². The van der Waals surface area contributed by atoms with Crippen LogP contribution < -0.4 is 0 Å². The molecule has 0 spiro atoms. The lowest BCUT2D eigenvalue weighted by atomic mass is 10.1. The number of carbonyl (C=O) groups is 1. The molecule has 1 saturated carbocycles. The first-order valence-electron chi connectivity index (χ1n) is 7.47. The number of thioether (sulfide) groups is 1. The summed E-state index contributed by atoms with van der Waals surface area (Å²) in [6.07, 6.45) is 3.94. The zero-order valence-electron chi connectivity index (χ0n) is 12.8. The predicted molar refractivity (Wildman–Crippen MR) is 92.5 cm³/mol. The van der Waals surface area contributed by atoms with Crippen LogP contribution in [-0.4, -0.2) is 23.1 Å². The van der Waals surface area contributed by atoms with Crippen molar-refractivity contribution >= 4 is 29.3 Å². The number of hydrogen-bond donors (Lipinski definition) is 0. The lowest BCUT2D eigenvalue weighted by molar-refractivity contribution is 0.0729. The molecule has 0 bridgehead atoms. The van der Waals surface area contributed by atoms with Crippen LogP contribution in [0.1, 0.15) is 28.8 Å². The van der Waals surface area contributed by atoms with Crippen molar-refractivity contribution < 1.29 is 9.18 Å². The van der Waals surface area contributed by atoms with E-state index in [4.69, 9.17) is 11.6 Å². The van der Waals surface area contributed by atoms with E-state index in [2.05, 4.69) is 0 Å². The van der Waals surface area contributed by atoms with E-state index in [1.54, 1.807) is 28.8 Å². The Bertz CT molecular complexity index is 733. The number of nitrogens with zero attached hydrogens (tertiary/aromatic N) is 1. The Hall–Kier alpha value is -1.52. The van der Waals surface area contributed by atoms with Crippen molar-refractivity contribution in [1.29, 1.82) is 0 Å².